The van der Waals surface area contributed by atoms with E-state index in [0.717, 1.165) is 0 Å². The summed E-state index contributed by atoms with van der Waals surface area (Å²) in [5.41, 5.74) is 0. The zero-order valence-electron chi connectivity index (χ0n) is 31.1. The maximum absolute atomic E-state index is 2.73. The summed E-state index contributed by atoms with van der Waals surface area (Å²) in [5, 5.41) is 0. The first-order valence-corrected chi connectivity index (χ1v) is 21.0. The number of hydrogen-bond acceptors (Lipinski definition) is 2. The molecule has 262 valence electrons. The second-order valence-electron chi connectivity index (χ2n) is 14.6. The van der Waals surface area contributed by atoms with Gasteiger partial charge in [0.2, 0.25) is 0 Å². The van der Waals surface area contributed by atoms with Gasteiger partial charge in [-0.05, 0) is 25.7 Å². The van der Waals surface area contributed by atoms with Crippen molar-refractivity contribution < 1.29 is 0 Å². The zero-order chi connectivity index (χ0) is 31.6. The fraction of sp³-hybridized carbons (Fsp3) is 0.952. The van der Waals surface area contributed by atoms with Crippen LogP contribution >= 0.6 is 0 Å². The Morgan fingerprint density at radius 3 is 0.795 bits per heavy atom. The molecule has 2 nitrogen and oxygen atoms in total. The molecule has 0 amide bonds. The molecule has 0 saturated carbocycles. The molecule has 1 heterocycles. The minimum Gasteiger partial charge on any atom is -0.356 e. The lowest BCUT2D eigenvalue weighted by molar-refractivity contribution is 0.135. The van der Waals surface area contributed by atoms with E-state index >= 15 is 0 Å². The van der Waals surface area contributed by atoms with Crippen LogP contribution < -0.4 is 0 Å². The SMILES string of the molecule is CCCCCCCCCCCCCCN1C=CN(CCCCCCCCCCCC)C1CCCCCCCCCCCCC. The minimum atomic E-state index is 0.639. The summed E-state index contributed by atoms with van der Waals surface area (Å²) >= 11 is 0. The van der Waals surface area contributed by atoms with Crippen molar-refractivity contribution in [3.05, 3.63) is 12.4 Å². The maximum Gasteiger partial charge on any atom is 0.101 e. The average Bonchev–Trinajstić information content (AvgIpc) is 3.42. The molecule has 1 unspecified atom stereocenters. The summed E-state index contributed by atoms with van der Waals surface area (Å²) < 4.78 is 0. The number of rotatable bonds is 36. The highest BCUT2D eigenvalue weighted by atomic mass is 15.4. The monoisotopic (exact) mass is 617 g/mol. The predicted octanol–water partition coefficient (Wildman–Crippen LogP) is 14.7. The third-order valence-corrected chi connectivity index (χ3v) is 10.3. The van der Waals surface area contributed by atoms with Crippen molar-refractivity contribution in [2.45, 2.75) is 245 Å². The third kappa shape index (κ3) is 25.5. The van der Waals surface area contributed by atoms with Gasteiger partial charge in [-0.15, -0.1) is 0 Å². The Morgan fingerprint density at radius 1 is 0.295 bits per heavy atom. The summed E-state index contributed by atoms with van der Waals surface area (Å²) in [7, 11) is 0. The lowest BCUT2D eigenvalue weighted by Gasteiger charge is -2.33. The molecular formula is C42H84N2. The van der Waals surface area contributed by atoms with E-state index in [2.05, 4.69) is 43.0 Å². The van der Waals surface area contributed by atoms with Crippen LogP contribution in [0.15, 0.2) is 12.4 Å². The van der Waals surface area contributed by atoms with Crippen molar-refractivity contribution in [2.24, 2.45) is 0 Å². The van der Waals surface area contributed by atoms with Crippen LogP contribution in [-0.2, 0) is 0 Å². The van der Waals surface area contributed by atoms with Crippen LogP contribution in [0.1, 0.15) is 239 Å². The normalized spacial score (nSPS) is 14.8. The minimum absolute atomic E-state index is 0.639. The second-order valence-corrected chi connectivity index (χ2v) is 14.6. The van der Waals surface area contributed by atoms with E-state index < -0.39 is 0 Å². The molecular weight excluding hydrogens is 532 g/mol. The van der Waals surface area contributed by atoms with Gasteiger partial charge < -0.3 is 9.80 Å². The van der Waals surface area contributed by atoms with Crippen LogP contribution in [0.2, 0.25) is 0 Å². The van der Waals surface area contributed by atoms with Gasteiger partial charge in [0, 0.05) is 25.5 Å². The largest absolute Gasteiger partial charge is 0.356 e. The number of hydrogen-bond donors (Lipinski definition) is 0. The second kappa shape index (κ2) is 33.7. The molecule has 1 aliphatic rings. The van der Waals surface area contributed by atoms with Crippen LogP contribution in [0.5, 0.6) is 0 Å². The van der Waals surface area contributed by atoms with Crippen LogP contribution in [-0.4, -0.2) is 29.1 Å². The van der Waals surface area contributed by atoms with E-state index in [0.29, 0.717) is 6.17 Å². The fourth-order valence-corrected chi connectivity index (χ4v) is 7.25. The van der Waals surface area contributed by atoms with E-state index in [1.165, 1.54) is 231 Å². The van der Waals surface area contributed by atoms with E-state index in [1.54, 1.807) is 0 Å². The Bertz CT molecular complexity index is 572. The van der Waals surface area contributed by atoms with Crippen molar-refractivity contribution in [3.8, 4) is 0 Å². The molecule has 0 aromatic carbocycles. The number of unbranched alkanes of at least 4 members (excludes halogenated alkanes) is 30. The van der Waals surface area contributed by atoms with Crippen molar-refractivity contribution in [1.82, 2.24) is 9.80 Å². The van der Waals surface area contributed by atoms with Gasteiger partial charge in [0.15, 0.2) is 0 Å². The Morgan fingerprint density at radius 2 is 0.523 bits per heavy atom. The molecule has 0 bridgehead atoms. The highest BCUT2D eigenvalue weighted by molar-refractivity contribution is 4.97. The average molecular weight is 617 g/mol. The fourth-order valence-electron chi connectivity index (χ4n) is 7.25. The maximum atomic E-state index is 2.73. The molecule has 44 heavy (non-hydrogen) atoms. The van der Waals surface area contributed by atoms with Crippen molar-refractivity contribution in [1.29, 1.82) is 0 Å². The molecule has 2 heteroatoms. The molecule has 1 aliphatic heterocycles. The van der Waals surface area contributed by atoms with Gasteiger partial charge in [-0.1, -0.05) is 213 Å². The zero-order valence-corrected chi connectivity index (χ0v) is 31.1. The van der Waals surface area contributed by atoms with Crippen molar-refractivity contribution in [2.75, 3.05) is 13.1 Å². The Kier molecular flexibility index (Phi) is 31.7. The van der Waals surface area contributed by atoms with Crippen molar-refractivity contribution in [3.63, 3.8) is 0 Å². The van der Waals surface area contributed by atoms with Gasteiger partial charge in [0.1, 0.15) is 6.17 Å². The summed E-state index contributed by atoms with van der Waals surface area (Å²) in [6.07, 6.45) is 54.4. The van der Waals surface area contributed by atoms with E-state index in [9.17, 15) is 0 Å². The molecule has 1 rings (SSSR count). The Labute approximate surface area is 280 Å². The number of nitrogens with zero attached hydrogens (tertiary/aromatic N) is 2. The van der Waals surface area contributed by atoms with Crippen LogP contribution in [0.4, 0.5) is 0 Å². The lowest BCUT2D eigenvalue weighted by atomic mass is 10.0. The molecule has 0 aromatic rings. The molecule has 1 atom stereocenters. The first-order chi connectivity index (χ1) is 21.8. The summed E-state index contributed by atoms with van der Waals surface area (Å²) in [4.78, 5) is 5.45. The molecule has 0 fully saturated rings. The van der Waals surface area contributed by atoms with Crippen molar-refractivity contribution >= 4 is 0 Å². The molecule has 0 aliphatic carbocycles. The standard InChI is InChI=1S/C42H84N2/c1-4-7-10-13-16-19-22-24-27-30-33-36-39-44-41-40-43(38-35-32-29-26-21-18-15-12-9-6-3)42(44)37-34-31-28-25-23-20-17-14-11-8-5-2/h40-42H,4-39H2,1-3H3. The van der Waals surface area contributed by atoms with Gasteiger partial charge in [0.25, 0.3) is 0 Å². The first kappa shape index (κ1) is 41.4. The molecule has 0 N–H and O–H groups in total. The smallest absolute Gasteiger partial charge is 0.101 e. The van der Waals surface area contributed by atoms with Gasteiger partial charge in [-0.2, -0.15) is 0 Å². The molecule has 0 radical (unpaired) electrons. The van der Waals surface area contributed by atoms with Gasteiger partial charge in [-0.3, -0.25) is 0 Å². The highest BCUT2D eigenvalue weighted by Gasteiger charge is 2.24. The van der Waals surface area contributed by atoms with Crippen LogP contribution in [0.25, 0.3) is 0 Å². The van der Waals surface area contributed by atoms with Crippen LogP contribution in [0, 0.1) is 0 Å². The summed E-state index contributed by atoms with van der Waals surface area (Å²) in [6, 6.07) is 0. The Hall–Kier alpha value is -0.660. The topological polar surface area (TPSA) is 6.48 Å². The van der Waals surface area contributed by atoms with E-state index in [-0.39, 0.29) is 0 Å². The summed E-state index contributed by atoms with van der Waals surface area (Å²) in [5.74, 6) is 0. The summed E-state index contributed by atoms with van der Waals surface area (Å²) in [6.45, 7) is 9.49. The third-order valence-electron chi connectivity index (χ3n) is 10.3. The van der Waals surface area contributed by atoms with Crippen LogP contribution in [0.3, 0.4) is 0 Å². The van der Waals surface area contributed by atoms with E-state index in [4.69, 9.17) is 0 Å². The first-order valence-electron chi connectivity index (χ1n) is 21.0. The quantitative estimate of drug-likeness (QED) is 0.0646. The molecule has 0 saturated heterocycles. The Balaban J connectivity index is 2.23. The molecule has 0 aromatic heterocycles. The van der Waals surface area contributed by atoms with Gasteiger partial charge in [0.05, 0.1) is 0 Å². The van der Waals surface area contributed by atoms with E-state index in [1.807, 2.05) is 0 Å². The van der Waals surface area contributed by atoms with Gasteiger partial charge in [-0.25, -0.2) is 0 Å². The molecule has 0 spiro atoms. The lowest BCUT2D eigenvalue weighted by Crippen LogP contribution is -2.39. The van der Waals surface area contributed by atoms with Gasteiger partial charge >= 0.3 is 0 Å². The predicted molar refractivity (Wildman–Crippen MR) is 200 cm³/mol. The highest BCUT2D eigenvalue weighted by Crippen LogP contribution is 2.24.